The number of hydrogen-bond acceptors (Lipinski definition) is 25. The third kappa shape index (κ3) is 19.9. The molecule has 14 heterocycles. The van der Waals surface area contributed by atoms with Crippen molar-refractivity contribution in [2.45, 2.75) is 267 Å². The van der Waals surface area contributed by atoms with E-state index in [4.69, 9.17) is 33.2 Å². The molecule has 3 aromatic rings. The van der Waals surface area contributed by atoms with Crippen LogP contribution in [0.5, 0.6) is 23.0 Å². The average molecular weight is 1960 g/mol. The molecular formula is C96H118FN9O28S3. The molecule has 0 bridgehead atoms. The predicted molar refractivity (Wildman–Crippen MR) is 482 cm³/mol. The second-order valence-corrected chi connectivity index (χ2v) is 45.9. The van der Waals surface area contributed by atoms with E-state index < -0.39 is 178 Å². The molecule has 6 amide bonds. The van der Waals surface area contributed by atoms with Crippen molar-refractivity contribution in [2.24, 2.45) is 34.0 Å². The normalized spacial score (nSPS) is 33.0. The lowest BCUT2D eigenvalue weighted by Crippen LogP contribution is -2.52. The fourth-order valence-corrected chi connectivity index (χ4v) is 28.1. The SMILES string of the molecule is O=C1C[C@]2(C(=O)O)C[C@H]2/C=C\CCCCC[C@H](N2CCCS2(=O)=O)C(=O)N2C[C@H](OC(=O)N3Cc4cc5c(cc4C3)OCCO5)C[C@@H]12.O=C1C[C@]2(C(=O)O)C[C@H]2/C=C\CCCCC[C@H](N2CCCS2(=O)=O)C(=O)N2C[C@H](OC(=O)N3Cc4cc5c(cc4C3)OCO5)C[C@@H]12.O=C1C[C@]2(C(=O)O)C[C@H]2/C=C\CCCCC[C@H](N2CCCS2(=O)=O)C(=O)N2C[C@H](OC(=O)N3Cc4cccc(F)c4C3)C[C@@H]12. The van der Waals surface area contributed by atoms with Gasteiger partial charge in [-0.1, -0.05) is 87.1 Å². The third-order valence-electron chi connectivity index (χ3n) is 30.9. The van der Waals surface area contributed by atoms with Crippen LogP contribution in [-0.2, 0) is 127 Å². The molecule has 17 aliphatic rings. The third-order valence-corrected chi connectivity index (χ3v) is 36.7. The van der Waals surface area contributed by atoms with Crippen molar-refractivity contribution in [1.82, 2.24) is 42.3 Å². The van der Waals surface area contributed by atoms with Gasteiger partial charge in [0.15, 0.2) is 40.3 Å². The molecule has 14 aliphatic heterocycles. The fraction of sp³-hybridized carbons (Fsp3) is 0.625. The second kappa shape index (κ2) is 39.2. The zero-order valence-corrected chi connectivity index (χ0v) is 78.9. The summed E-state index contributed by atoms with van der Waals surface area (Å²) in [5.41, 5.74) is 1.02. The van der Waals surface area contributed by atoms with Crippen LogP contribution in [0.1, 0.15) is 207 Å². The highest BCUT2D eigenvalue weighted by atomic mass is 32.2. The summed E-state index contributed by atoms with van der Waals surface area (Å²) in [5, 5.41) is 30.4. The lowest BCUT2D eigenvalue weighted by atomic mass is 9.92. The summed E-state index contributed by atoms with van der Waals surface area (Å²) in [4.78, 5) is 170. The lowest BCUT2D eigenvalue weighted by Gasteiger charge is -2.32. The first-order valence-corrected chi connectivity index (χ1v) is 53.1. The van der Waals surface area contributed by atoms with Gasteiger partial charge in [0, 0.05) is 96.4 Å². The van der Waals surface area contributed by atoms with E-state index in [1.54, 1.807) is 12.1 Å². The minimum absolute atomic E-state index is 0.0166. The number of carbonyl (C=O) groups is 12. The zero-order chi connectivity index (χ0) is 96.4. The summed E-state index contributed by atoms with van der Waals surface area (Å²) in [6, 6.07) is 6.00. The van der Waals surface area contributed by atoms with Crippen molar-refractivity contribution in [3.8, 4) is 23.0 Å². The summed E-state index contributed by atoms with van der Waals surface area (Å²) >= 11 is 0. The molecular weight excluding hydrogens is 1840 g/mol. The van der Waals surface area contributed by atoms with E-state index in [-0.39, 0.29) is 133 Å². The van der Waals surface area contributed by atoms with Gasteiger partial charge in [-0.15, -0.1) is 0 Å². The molecule has 0 radical (unpaired) electrons. The molecule has 0 spiro atoms. The zero-order valence-electron chi connectivity index (χ0n) is 76.4. The molecule has 9 fully saturated rings. The van der Waals surface area contributed by atoms with Crippen LogP contribution in [0.4, 0.5) is 18.8 Å². The molecule has 3 aliphatic carbocycles. The Labute approximate surface area is 793 Å². The van der Waals surface area contributed by atoms with E-state index in [0.29, 0.717) is 151 Å². The highest BCUT2D eigenvalue weighted by Gasteiger charge is 2.65. The number of allylic oxidation sites excluding steroid dienone is 6. The number of carbonyl (C=O) groups excluding carboxylic acids is 9. The number of sulfonamides is 3. The first kappa shape index (κ1) is 96.6. The standard InChI is InChI=1S/C33H41N3O10S.C32H39N3O10S.C31H38FN3O8S/c37-27-17-33(31(39)40)16-23(33)7-4-2-1-3-5-8-25(36-9-6-12-47(36,42)43)30(38)35-20-24(15-26(27)35)46-32(41)34-18-21-13-28-29(14-22(21)19-34)45-11-10-44-28;36-26-15-32(30(38)39)14-22(32)7-4-2-1-3-5-8-24(35-9-6-10-46(35,41)42)29(37)34-18-23(13-25(26)34)45-31(40)33-16-20-11-27-28(44-19-43-27)12-21(20)17-33;32-24-10-6-8-20-17-33(19-23(20)24)30(40)43-22-14-26-27(36)16-31(29(38)39)15-21(31)9-4-2-1-3-5-11-25(28(37)34(26)18-22)35-12-7-13-44(35,41)42/h4,7,13-14,23-26H,1-3,5-6,8-12,15-20H2,(H,39,40);4,7,11-12,22-25H,1-3,5-6,8-10,13-19H2,(H,38,39);4,6,8-10,21-22,25-26H,1-3,5,7,11-19H2,(H,38,39)/b2*7-4-;9-4-/t23-,24-,25+,26+,33-;22-,23-,24+,25+,32-;21-,22-,25+,26+,31-/m111/s1. The fourth-order valence-electron chi connectivity index (χ4n) is 22.9. The summed E-state index contributed by atoms with van der Waals surface area (Å²) in [5.74, 6) is -4.78. The van der Waals surface area contributed by atoms with Crippen LogP contribution >= 0.6 is 0 Å². The van der Waals surface area contributed by atoms with Crippen LogP contribution in [0, 0.1) is 39.8 Å². The molecule has 3 saturated carbocycles. The highest BCUT2D eigenvalue weighted by Crippen LogP contribution is 2.60. The van der Waals surface area contributed by atoms with E-state index >= 15 is 0 Å². The number of fused-ring (bicyclic) bond motifs is 11. The van der Waals surface area contributed by atoms with Crippen molar-refractivity contribution >= 4 is 101 Å². The molecule has 3 N–H and O–H groups in total. The van der Waals surface area contributed by atoms with E-state index in [9.17, 15) is 102 Å². The van der Waals surface area contributed by atoms with Crippen LogP contribution in [-0.4, -0.2) is 285 Å². The van der Waals surface area contributed by atoms with Gasteiger partial charge in [0.1, 0.15) is 55.5 Å². The van der Waals surface area contributed by atoms with Gasteiger partial charge in [-0.25, -0.2) is 44.0 Å². The van der Waals surface area contributed by atoms with Crippen molar-refractivity contribution in [2.75, 3.05) is 76.5 Å². The number of ketones is 3. The van der Waals surface area contributed by atoms with Gasteiger partial charge in [-0.3, -0.25) is 57.9 Å². The number of halogens is 1. The van der Waals surface area contributed by atoms with E-state index in [0.717, 1.165) is 80.0 Å². The van der Waals surface area contributed by atoms with Gasteiger partial charge in [-0.2, -0.15) is 12.9 Å². The summed E-state index contributed by atoms with van der Waals surface area (Å²) in [6.07, 6.45) is 18.4. The van der Waals surface area contributed by atoms with Crippen LogP contribution in [0.25, 0.3) is 0 Å². The van der Waals surface area contributed by atoms with Crippen molar-refractivity contribution in [1.29, 1.82) is 0 Å². The first-order chi connectivity index (χ1) is 65.6. The minimum atomic E-state index is -3.65. The van der Waals surface area contributed by atoms with Gasteiger partial charge in [-0.05, 0) is 172 Å². The molecule has 6 saturated heterocycles. The number of aliphatic carboxylic acids is 3. The topological polar surface area (TPSA) is 462 Å². The first-order valence-electron chi connectivity index (χ1n) is 48.3. The van der Waals surface area contributed by atoms with Crippen LogP contribution in [0.3, 0.4) is 0 Å². The number of ether oxygens (including phenoxy) is 7. The molecule has 3 aromatic carbocycles. The van der Waals surface area contributed by atoms with Gasteiger partial charge in [0.2, 0.25) is 54.6 Å². The summed E-state index contributed by atoms with van der Waals surface area (Å²) in [6.45, 7) is 2.82. The van der Waals surface area contributed by atoms with Gasteiger partial charge in [0.05, 0.1) is 77.8 Å². The van der Waals surface area contributed by atoms with Crippen LogP contribution in [0.15, 0.2) is 78.9 Å². The number of carboxylic acid groups (broad SMARTS) is 3. The molecule has 137 heavy (non-hydrogen) atoms. The number of nitrogens with zero attached hydrogens (tertiary/aromatic N) is 9. The number of Topliss-reactive ketones (excluding diaryl/α,β-unsaturated/α-hetero) is 3. The maximum absolute atomic E-state index is 14.3. The predicted octanol–water partition coefficient (Wildman–Crippen LogP) is 8.89. The van der Waals surface area contributed by atoms with E-state index in [1.807, 2.05) is 60.7 Å². The molecule has 20 rings (SSSR count). The van der Waals surface area contributed by atoms with Crippen molar-refractivity contribution < 1.29 is 136 Å². The Bertz CT molecular complexity index is 5730. The molecule has 740 valence electrons. The quantitative estimate of drug-likeness (QED) is 0.133. The monoisotopic (exact) mass is 1960 g/mol. The number of carboxylic acids is 3. The number of hydrogen-bond donors (Lipinski definition) is 3. The van der Waals surface area contributed by atoms with Gasteiger partial charge >= 0.3 is 36.2 Å². The summed E-state index contributed by atoms with van der Waals surface area (Å²) in [7, 11) is -10.9. The van der Waals surface area contributed by atoms with Crippen LogP contribution < -0.4 is 18.9 Å². The Morgan fingerprint density at radius 3 is 1.01 bits per heavy atom. The second-order valence-electron chi connectivity index (χ2n) is 39.8. The molecule has 15 atom stereocenters. The maximum atomic E-state index is 14.3. The summed E-state index contributed by atoms with van der Waals surface area (Å²) < 4.78 is 136. The van der Waals surface area contributed by atoms with Crippen LogP contribution in [0.2, 0.25) is 0 Å². The Morgan fingerprint density at radius 2 is 0.701 bits per heavy atom. The Balaban J connectivity index is 0.000000137. The van der Waals surface area contributed by atoms with Gasteiger partial charge < -0.3 is 63.2 Å². The van der Waals surface area contributed by atoms with E-state index in [2.05, 4.69) is 0 Å². The maximum Gasteiger partial charge on any atom is 0.410 e. The highest BCUT2D eigenvalue weighted by molar-refractivity contribution is 7.89. The molecule has 0 unspecified atom stereocenters. The molecule has 0 aromatic heterocycles. The number of rotatable bonds is 9. The minimum Gasteiger partial charge on any atom is -0.486 e. The lowest BCUT2D eigenvalue weighted by molar-refractivity contribution is -0.148. The number of benzene rings is 3. The van der Waals surface area contributed by atoms with Crippen molar-refractivity contribution in [3.63, 3.8) is 0 Å². The Kier molecular flexibility index (Phi) is 27.7. The molecule has 37 nitrogen and oxygen atoms in total. The average Bonchev–Trinajstić information content (AvgIpc) is 1.58. The Morgan fingerprint density at radius 1 is 0.387 bits per heavy atom. The van der Waals surface area contributed by atoms with E-state index in [1.165, 1.54) is 48.4 Å². The Hall–Kier alpha value is -10.6. The number of amides is 6. The van der Waals surface area contributed by atoms with Crippen molar-refractivity contribution in [3.05, 3.63) is 118 Å². The molecule has 41 heteroatoms. The smallest absolute Gasteiger partial charge is 0.410 e. The largest absolute Gasteiger partial charge is 0.486 e. The van der Waals surface area contributed by atoms with Gasteiger partial charge in [0.25, 0.3) is 0 Å².